The molecule has 0 saturated carbocycles. The van der Waals surface area contributed by atoms with E-state index >= 15 is 0 Å². The standard InChI is InChI=1S/C16H20F2N6/c1-2-20-15-3-4-21-16(22-15)24-7-5-23(6-8-24)11-12-13(17)9-19-10-14(12)18/h3-4,9-10H,2,5-8,11H2,1H3,(H,20,21,22). The number of halogens is 2. The zero-order valence-corrected chi connectivity index (χ0v) is 13.5. The van der Waals surface area contributed by atoms with E-state index in [1.807, 2.05) is 17.9 Å². The maximum Gasteiger partial charge on any atom is 0.227 e. The van der Waals surface area contributed by atoms with Crippen LogP contribution in [0.3, 0.4) is 0 Å². The van der Waals surface area contributed by atoms with Crippen LogP contribution in [0.2, 0.25) is 0 Å². The van der Waals surface area contributed by atoms with Crippen LogP contribution in [-0.4, -0.2) is 52.6 Å². The monoisotopic (exact) mass is 334 g/mol. The molecule has 1 N–H and O–H groups in total. The molecular weight excluding hydrogens is 314 g/mol. The van der Waals surface area contributed by atoms with Crippen molar-refractivity contribution in [3.63, 3.8) is 0 Å². The Bertz CT molecular complexity index is 668. The topological polar surface area (TPSA) is 57.2 Å². The van der Waals surface area contributed by atoms with Crippen LogP contribution in [0.5, 0.6) is 0 Å². The molecule has 3 heterocycles. The van der Waals surface area contributed by atoms with Gasteiger partial charge in [0.1, 0.15) is 17.5 Å². The van der Waals surface area contributed by atoms with Gasteiger partial charge >= 0.3 is 0 Å². The molecule has 0 amide bonds. The first kappa shape index (κ1) is 16.5. The predicted molar refractivity (Wildman–Crippen MR) is 87.8 cm³/mol. The molecule has 128 valence electrons. The second-order valence-electron chi connectivity index (χ2n) is 5.62. The molecule has 1 aliphatic rings. The number of nitrogens with one attached hydrogen (secondary N) is 1. The molecule has 0 unspecified atom stereocenters. The van der Waals surface area contributed by atoms with Crippen molar-refractivity contribution in [2.75, 3.05) is 42.9 Å². The highest BCUT2D eigenvalue weighted by atomic mass is 19.1. The van der Waals surface area contributed by atoms with Gasteiger partial charge in [-0.1, -0.05) is 0 Å². The summed E-state index contributed by atoms with van der Waals surface area (Å²) in [6, 6.07) is 1.83. The van der Waals surface area contributed by atoms with Crippen LogP contribution in [0, 0.1) is 11.6 Å². The highest BCUT2D eigenvalue weighted by Gasteiger charge is 2.21. The fourth-order valence-corrected chi connectivity index (χ4v) is 2.70. The maximum absolute atomic E-state index is 13.7. The minimum absolute atomic E-state index is 0.0730. The van der Waals surface area contributed by atoms with Crippen LogP contribution in [-0.2, 0) is 6.54 Å². The van der Waals surface area contributed by atoms with Gasteiger partial charge in [0.05, 0.1) is 12.4 Å². The Labute approximate surface area is 139 Å². The molecule has 0 atom stereocenters. The summed E-state index contributed by atoms with van der Waals surface area (Å²) < 4.78 is 27.4. The molecule has 0 bridgehead atoms. The van der Waals surface area contributed by atoms with Crippen LogP contribution in [0.15, 0.2) is 24.7 Å². The Kier molecular flexibility index (Phi) is 5.14. The van der Waals surface area contributed by atoms with Gasteiger partial charge in [-0.25, -0.2) is 13.8 Å². The highest BCUT2D eigenvalue weighted by Crippen LogP contribution is 2.17. The zero-order chi connectivity index (χ0) is 16.9. The molecule has 0 aromatic carbocycles. The second kappa shape index (κ2) is 7.48. The van der Waals surface area contributed by atoms with Crippen LogP contribution >= 0.6 is 0 Å². The van der Waals surface area contributed by atoms with E-state index < -0.39 is 11.6 Å². The van der Waals surface area contributed by atoms with Gasteiger partial charge in [0.25, 0.3) is 0 Å². The van der Waals surface area contributed by atoms with Gasteiger partial charge in [-0.2, -0.15) is 4.98 Å². The molecule has 1 fully saturated rings. The van der Waals surface area contributed by atoms with Crippen molar-refractivity contribution in [3.05, 3.63) is 41.9 Å². The lowest BCUT2D eigenvalue weighted by atomic mass is 10.2. The van der Waals surface area contributed by atoms with Gasteiger partial charge in [0.2, 0.25) is 5.95 Å². The Morgan fingerprint density at radius 1 is 1.12 bits per heavy atom. The van der Waals surface area contributed by atoms with E-state index in [-0.39, 0.29) is 12.1 Å². The Balaban J connectivity index is 1.61. The van der Waals surface area contributed by atoms with Crippen LogP contribution in [0.1, 0.15) is 12.5 Å². The maximum atomic E-state index is 13.7. The third-order valence-corrected chi connectivity index (χ3v) is 3.99. The molecular formula is C16H20F2N6. The number of piperazine rings is 1. The highest BCUT2D eigenvalue weighted by molar-refractivity contribution is 5.41. The minimum atomic E-state index is -0.598. The van der Waals surface area contributed by atoms with Crippen molar-refractivity contribution in [1.29, 1.82) is 0 Å². The van der Waals surface area contributed by atoms with E-state index in [0.29, 0.717) is 32.1 Å². The van der Waals surface area contributed by atoms with Crippen molar-refractivity contribution in [2.24, 2.45) is 0 Å². The average Bonchev–Trinajstić information content (AvgIpc) is 2.59. The second-order valence-corrected chi connectivity index (χ2v) is 5.62. The van der Waals surface area contributed by atoms with E-state index in [9.17, 15) is 8.78 Å². The normalized spacial score (nSPS) is 15.5. The molecule has 1 aliphatic heterocycles. The molecule has 0 radical (unpaired) electrons. The predicted octanol–water partition coefficient (Wildman–Crippen LogP) is 1.90. The molecule has 6 nitrogen and oxygen atoms in total. The number of hydrogen-bond acceptors (Lipinski definition) is 6. The summed E-state index contributed by atoms with van der Waals surface area (Å²) in [4.78, 5) is 16.4. The minimum Gasteiger partial charge on any atom is -0.370 e. The summed E-state index contributed by atoms with van der Waals surface area (Å²) >= 11 is 0. The zero-order valence-electron chi connectivity index (χ0n) is 13.5. The van der Waals surface area contributed by atoms with Crippen molar-refractivity contribution in [1.82, 2.24) is 19.9 Å². The summed E-state index contributed by atoms with van der Waals surface area (Å²) in [5.41, 5.74) is 0.0730. The molecule has 0 aliphatic carbocycles. The van der Waals surface area contributed by atoms with E-state index in [1.54, 1.807) is 6.20 Å². The number of aromatic nitrogens is 3. The van der Waals surface area contributed by atoms with Crippen LogP contribution in [0.4, 0.5) is 20.5 Å². The van der Waals surface area contributed by atoms with E-state index in [4.69, 9.17) is 0 Å². The summed E-state index contributed by atoms with van der Waals surface area (Å²) in [5.74, 6) is 0.276. The van der Waals surface area contributed by atoms with E-state index in [1.165, 1.54) is 0 Å². The lowest BCUT2D eigenvalue weighted by Crippen LogP contribution is -2.46. The van der Waals surface area contributed by atoms with Gasteiger partial charge < -0.3 is 10.2 Å². The lowest BCUT2D eigenvalue weighted by molar-refractivity contribution is 0.241. The van der Waals surface area contributed by atoms with Crippen LogP contribution in [0.25, 0.3) is 0 Å². The summed E-state index contributed by atoms with van der Waals surface area (Å²) in [6.45, 7) is 5.86. The number of nitrogens with zero attached hydrogens (tertiary/aromatic N) is 5. The SMILES string of the molecule is CCNc1ccnc(N2CCN(Cc3c(F)cncc3F)CC2)n1. The van der Waals surface area contributed by atoms with E-state index in [2.05, 4.69) is 25.2 Å². The summed E-state index contributed by atoms with van der Waals surface area (Å²) in [5, 5.41) is 3.16. The number of rotatable bonds is 5. The van der Waals surface area contributed by atoms with Gasteiger partial charge in [-0.15, -0.1) is 0 Å². The molecule has 1 saturated heterocycles. The third kappa shape index (κ3) is 3.76. The smallest absolute Gasteiger partial charge is 0.227 e. The average molecular weight is 334 g/mol. The van der Waals surface area contributed by atoms with Crippen molar-refractivity contribution >= 4 is 11.8 Å². The largest absolute Gasteiger partial charge is 0.370 e. The molecule has 24 heavy (non-hydrogen) atoms. The number of pyridine rings is 1. The molecule has 2 aromatic heterocycles. The third-order valence-electron chi connectivity index (χ3n) is 3.99. The van der Waals surface area contributed by atoms with Crippen molar-refractivity contribution in [2.45, 2.75) is 13.5 Å². The molecule has 2 aromatic rings. The molecule has 3 rings (SSSR count). The number of anilines is 2. The fourth-order valence-electron chi connectivity index (χ4n) is 2.70. The van der Waals surface area contributed by atoms with Crippen LogP contribution < -0.4 is 10.2 Å². The van der Waals surface area contributed by atoms with Gasteiger partial charge in [-0.05, 0) is 13.0 Å². The Hall–Kier alpha value is -2.35. The lowest BCUT2D eigenvalue weighted by Gasteiger charge is -2.34. The molecule has 8 heteroatoms. The summed E-state index contributed by atoms with van der Waals surface area (Å²) in [6.07, 6.45) is 3.83. The fraction of sp³-hybridized carbons (Fsp3) is 0.438. The first-order chi connectivity index (χ1) is 11.7. The van der Waals surface area contributed by atoms with Crippen molar-refractivity contribution in [3.8, 4) is 0 Å². The van der Waals surface area contributed by atoms with Gasteiger partial charge in [0, 0.05) is 51.0 Å². The first-order valence-corrected chi connectivity index (χ1v) is 7.99. The Morgan fingerprint density at radius 2 is 1.83 bits per heavy atom. The summed E-state index contributed by atoms with van der Waals surface area (Å²) in [7, 11) is 0. The van der Waals surface area contributed by atoms with E-state index in [0.717, 1.165) is 24.8 Å². The van der Waals surface area contributed by atoms with Gasteiger partial charge in [-0.3, -0.25) is 9.88 Å². The first-order valence-electron chi connectivity index (χ1n) is 7.99. The number of hydrogen-bond donors (Lipinski definition) is 1. The quantitative estimate of drug-likeness (QED) is 0.901. The Morgan fingerprint density at radius 3 is 2.50 bits per heavy atom. The van der Waals surface area contributed by atoms with Gasteiger partial charge in [0.15, 0.2) is 0 Å². The van der Waals surface area contributed by atoms with Crippen molar-refractivity contribution < 1.29 is 8.78 Å². The molecule has 0 spiro atoms.